The van der Waals surface area contributed by atoms with Crippen LogP contribution in [-0.4, -0.2) is 42.2 Å². The third-order valence-corrected chi connectivity index (χ3v) is 7.06. The summed E-state index contributed by atoms with van der Waals surface area (Å²) in [4.78, 5) is 30.1. The van der Waals surface area contributed by atoms with Crippen molar-refractivity contribution in [2.45, 2.75) is 13.0 Å². The number of nitrogens with zero attached hydrogens (tertiary/aromatic N) is 3. The molecule has 0 spiro atoms. The molecular weight excluding hydrogens is 634 g/mol. The number of rotatable bonds is 7. The normalized spacial score (nSPS) is 12.2. The summed E-state index contributed by atoms with van der Waals surface area (Å²) < 4.78 is 24.7. The number of hydrogen-bond acceptors (Lipinski definition) is 8. The van der Waals surface area contributed by atoms with Gasteiger partial charge in [-0.15, -0.1) is 0 Å². The average molecular weight is 655 g/mol. The second-order valence-corrected chi connectivity index (χ2v) is 10.2. The second kappa shape index (κ2) is 11.0. The van der Waals surface area contributed by atoms with Crippen LogP contribution in [-0.2, 0) is 9.53 Å². The molecule has 0 N–H and O–H groups in total. The minimum absolute atomic E-state index is 0.247. The third kappa shape index (κ3) is 5.32. The molecule has 9 nitrogen and oxygen atoms in total. The predicted octanol–water partition coefficient (Wildman–Crippen LogP) is 6.17. The van der Waals surface area contributed by atoms with E-state index in [1.807, 2.05) is 30.3 Å². The molecule has 39 heavy (non-hydrogen) atoms. The fourth-order valence-electron chi connectivity index (χ4n) is 3.94. The Bertz CT molecular complexity index is 1810. The monoisotopic (exact) mass is 653 g/mol. The first-order chi connectivity index (χ1) is 18.8. The van der Waals surface area contributed by atoms with Crippen molar-refractivity contribution in [1.82, 2.24) is 9.66 Å². The standard InChI is InChI=1S/C28H21Br2N3O6/c1-15(28(35)37-3)38-24-13-20(30)17(12-23(24)36-2)14-31-33-26(32-21-7-5-4-6-19(21)27(33)34)25-11-16-10-18(29)8-9-22(16)39-25/h4-15H,1-3H3/t15-/m1/s1. The van der Waals surface area contributed by atoms with Crippen LogP contribution in [0.1, 0.15) is 12.5 Å². The Hall–Kier alpha value is -3.96. The molecule has 5 rings (SSSR count). The van der Waals surface area contributed by atoms with Gasteiger partial charge in [0.1, 0.15) is 5.58 Å². The van der Waals surface area contributed by atoms with Gasteiger partial charge in [0.15, 0.2) is 23.4 Å². The summed E-state index contributed by atoms with van der Waals surface area (Å²) in [6.45, 7) is 1.58. The van der Waals surface area contributed by atoms with Crippen molar-refractivity contribution in [3.63, 3.8) is 0 Å². The van der Waals surface area contributed by atoms with E-state index in [4.69, 9.17) is 23.6 Å². The highest BCUT2D eigenvalue weighted by Crippen LogP contribution is 2.34. The molecule has 0 amide bonds. The van der Waals surface area contributed by atoms with Crippen molar-refractivity contribution < 1.29 is 23.4 Å². The number of esters is 1. The number of benzene rings is 3. The first kappa shape index (κ1) is 26.6. The molecule has 0 saturated carbocycles. The van der Waals surface area contributed by atoms with Gasteiger partial charge in [0.05, 0.1) is 31.3 Å². The topological polar surface area (TPSA) is 105 Å². The van der Waals surface area contributed by atoms with E-state index in [9.17, 15) is 9.59 Å². The van der Waals surface area contributed by atoms with Crippen molar-refractivity contribution in [2.75, 3.05) is 14.2 Å². The quantitative estimate of drug-likeness (QED) is 0.153. The number of carbonyl (C=O) groups is 1. The lowest BCUT2D eigenvalue weighted by atomic mass is 10.2. The van der Waals surface area contributed by atoms with E-state index >= 15 is 0 Å². The van der Waals surface area contributed by atoms with Crippen LogP contribution in [0.15, 0.2) is 83.9 Å². The van der Waals surface area contributed by atoms with Crippen LogP contribution in [0.3, 0.4) is 0 Å². The van der Waals surface area contributed by atoms with Crippen LogP contribution < -0.4 is 15.0 Å². The van der Waals surface area contributed by atoms with Gasteiger partial charge in [-0.1, -0.05) is 28.1 Å². The van der Waals surface area contributed by atoms with Gasteiger partial charge in [-0.05, 0) is 71.4 Å². The minimum atomic E-state index is -0.843. The molecule has 0 saturated heterocycles. The van der Waals surface area contributed by atoms with Gasteiger partial charge in [0.25, 0.3) is 5.56 Å². The summed E-state index contributed by atoms with van der Waals surface area (Å²) in [5.74, 6) is 0.811. The summed E-state index contributed by atoms with van der Waals surface area (Å²) >= 11 is 6.98. The highest BCUT2D eigenvalue weighted by Gasteiger charge is 2.20. The summed E-state index contributed by atoms with van der Waals surface area (Å²) in [7, 11) is 2.77. The lowest BCUT2D eigenvalue weighted by Gasteiger charge is -2.16. The van der Waals surface area contributed by atoms with E-state index in [1.165, 1.54) is 25.1 Å². The zero-order chi connectivity index (χ0) is 27.7. The lowest BCUT2D eigenvalue weighted by molar-refractivity contribution is -0.147. The van der Waals surface area contributed by atoms with Crippen LogP contribution in [0.25, 0.3) is 33.5 Å². The molecule has 2 heterocycles. The molecule has 0 aliphatic carbocycles. The van der Waals surface area contributed by atoms with Crippen LogP contribution in [0.2, 0.25) is 0 Å². The maximum absolute atomic E-state index is 13.5. The van der Waals surface area contributed by atoms with E-state index in [0.29, 0.717) is 43.8 Å². The molecule has 0 fully saturated rings. The fourth-order valence-corrected chi connectivity index (χ4v) is 4.74. The molecular formula is C28H21Br2N3O6. The largest absolute Gasteiger partial charge is 0.493 e. The fraction of sp³-hybridized carbons (Fsp3) is 0.143. The number of ether oxygens (including phenoxy) is 3. The SMILES string of the molecule is COC(=O)[C@@H](C)Oc1cc(Br)c(C=Nn2c(-c3cc4cc(Br)ccc4o3)nc3ccccc3c2=O)cc1OC. The van der Waals surface area contributed by atoms with Gasteiger partial charge in [0, 0.05) is 19.9 Å². The molecule has 3 aromatic carbocycles. The van der Waals surface area contributed by atoms with Gasteiger partial charge < -0.3 is 18.6 Å². The number of carbonyl (C=O) groups excluding carboxylic acids is 1. The Morgan fingerprint density at radius 3 is 2.64 bits per heavy atom. The molecule has 198 valence electrons. The van der Waals surface area contributed by atoms with Crippen molar-refractivity contribution in [2.24, 2.45) is 5.10 Å². The highest BCUT2D eigenvalue weighted by molar-refractivity contribution is 9.10. The van der Waals surface area contributed by atoms with E-state index < -0.39 is 12.1 Å². The highest BCUT2D eigenvalue weighted by atomic mass is 79.9. The number of furan rings is 1. The van der Waals surface area contributed by atoms with E-state index in [0.717, 1.165) is 9.86 Å². The average Bonchev–Trinajstić information content (AvgIpc) is 3.35. The Labute approximate surface area is 239 Å². The van der Waals surface area contributed by atoms with Crippen LogP contribution in [0, 0.1) is 0 Å². The molecule has 0 aliphatic heterocycles. The van der Waals surface area contributed by atoms with Crippen molar-refractivity contribution >= 4 is 65.9 Å². The smallest absolute Gasteiger partial charge is 0.346 e. The number of fused-ring (bicyclic) bond motifs is 2. The zero-order valence-corrected chi connectivity index (χ0v) is 24.1. The first-order valence-electron chi connectivity index (χ1n) is 11.7. The Morgan fingerprint density at radius 1 is 1.08 bits per heavy atom. The Balaban J connectivity index is 1.61. The number of halogens is 2. The van der Waals surface area contributed by atoms with E-state index in [1.54, 1.807) is 37.3 Å². The molecule has 0 radical (unpaired) electrons. The number of hydrogen-bond donors (Lipinski definition) is 0. The maximum atomic E-state index is 13.5. The number of methoxy groups -OCH3 is 2. The zero-order valence-electron chi connectivity index (χ0n) is 21.0. The Morgan fingerprint density at radius 2 is 1.87 bits per heavy atom. The maximum Gasteiger partial charge on any atom is 0.346 e. The van der Waals surface area contributed by atoms with Gasteiger partial charge in [-0.2, -0.15) is 9.78 Å². The second-order valence-electron chi connectivity index (χ2n) is 8.41. The molecule has 0 bridgehead atoms. The predicted molar refractivity (Wildman–Crippen MR) is 155 cm³/mol. The van der Waals surface area contributed by atoms with E-state index in [2.05, 4.69) is 37.0 Å². The minimum Gasteiger partial charge on any atom is -0.493 e. The van der Waals surface area contributed by atoms with Gasteiger partial charge in [0.2, 0.25) is 5.82 Å². The molecule has 0 unspecified atom stereocenters. The van der Waals surface area contributed by atoms with Crippen LogP contribution in [0.4, 0.5) is 0 Å². The van der Waals surface area contributed by atoms with Crippen molar-refractivity contribution in [1.29, 1.82) is 0 Å². The van der Waals surface area contributed by atoms with Crippen LogP contribution >= 0.6 is 31.9 Å². The van der Waals surface area contributed by atoms with Crippen LogP contribution in [0.5, 0.6) is 11.5 Å². The van der Waals surface area contributed by atoms with Crippen molar-refractivity contribution in [3.05, 3.63) is 85.5 Å². The molecule has 2 aromatic heterocycles. The lowest BCUT2D eigenvalue weighted by Crippen LogP contribution is -2.25. The Kier molecular flexibility index (Phi) is 7.53. The summed E-state index contributed by atoms with van der Waals surface area (Å²) in [5.41, 5.74) is 1.40. The third-order valence-electron chi connectivity index (χ3n) is 5.88. The van der Waals surface area contributed by atoms with Crippen molar-refractivity contribution in [3.8, 4) is 23.1 Å². The molecule has 0 aliphatic rings. The first-order valence-corrected chi connectivity index (χ1v) is 13.2. The summed E-state index contributed by atoms with van der Waals surface area (Å²) in [6, 6.07) is 17.8. The summed E-state index contributed by atoms with van der Waals surface area (Å²) in [6.07, 6.45) is 0.658. The molecule has 5 aromatic rings. The number of aromatic nitrogens is 2. The van der Waals surface area contributed by atoms with Gasteiger partial charge >= 0.3 is 5.97 Å². The summed E-state index contributed by atoms with van der Waals surface area (Å²) in [5, 5.41) is 5.77. The van der Waals surface area contributed by atoms with E-state index in [-0.39, 0.29) is 11.4 Å². The number of para-hydroxylation sites is 1. The van der Waals surface area contributed by atoms with Gasteiger partial charge in [-0.25, -0.2) is 9.78 Å². The van der Waals surface area contributed by atoms with Gasteiger partial charge in [-0.3, -0.25) is 4.79 Å². The molecule has 11 heteroatoms. The molecule has 1 atom stereocenters.